The number of aryl methyl sites for hydroxylation is 1. The SMILES string of the molecule is Cc1ccc(C(=O)O[C@@H](C)C(=O)N[C@@H]2CCCC[C@@H]2C)cc1NC(=O)c1ccco1. The van der Waals surface area contributed by atoms with E-state index in [0.29, 0.717) is 11.6 Å². The number of furan rings is 1. The van der Waals surface area contributed by atoms with Gasteiger partial charge in [-0.15, -0.1) is 0 Å². The van der Waals surface area contributed by atoms with Crippen molar-refractivity contribution in [2.45, 2.75) is 58.6 Å². The highest BCUT2D eigenvalue weighted by Gasteiger charge is 2.26. The van der Waals surface area contributed by atoms with Crippen LogP contribution in [-0.4, -0.2) is 29.9 Å². The summed E-state index contributed by atoms with van der Waals surface area (Å²) in [6.45, 7) is 5.51. The average Bonchev–Trinajstić information content (AvgIpc) is 3.26. The number of nitrogens with one attached hydrogen (secondary N) is 2. The Morgan fingerprint density at radius 2 is 1.93 bits per heavy atom. The third-order valence-corrected chi connectivity index (χ3v) is 5.56. The third-order valence-electron chi connectivity index (χ3n) is 5.56. The second kappa shape index (κ2) is 9.61. The predicted octanol–water partition coefficient (Wildman–Crippen LogP) is 4.08. The largest absolute Gasteiger partial charge is 0.459 e. The van der Waals surface area contributed by atoms with Crippen LogP contribution in [0.4, 0.5) is 5.69 Å². The Morgan fingerprint density at radius 3 is 2.63 bits per heavy atom. The van der Waals surface area contributed by atoms with Gasteiger partial charge in [0.25, 0.3) is 11.8 Å². The summed E-state index contributed by atoms with van der Waals surface area (Å²) in [6, 6.07) is 8.14. The van der Waals surface area contributed by atoms with Crippen molar-refractivity contribution in [1.29, 1.82) is 0 Å². The summed E-state index contributed by atoms with van der Waals surface area (Å²) in [5, 5.41) is 5.73. The molecule has 1 heterocycles. The molecule has 3 rings (SSSR count). The van der Waals surface area contributed by atoms with Crippen molar-refractivity contribution in [3.8, 4) is 0 Å². The van der Waals surface area contributed by atoms with Gasteiger partial charge in [-0.2, -0.15) is 0 Å². The second-order valence-electron chi connectivity index (χ2n) is 7.89. The molecule has 0 radical (unpaired) electrons. The lowest BCUT2D eigenvalue weighted by molar-refractivity contribution is -0.130. The molecule has 2 aromatic rings. The fourth-order valence-corrected chi connectivity index (χ4v) is 3.59. The fourth-order valence-electron chi connectivity index (χ4n) is 3.59. The number of esters is 1. The van der Waals surface area contributed by atoms with E-state index in [0.717, 1.165) is 24.8 Å². The normalized spacial score (nSPS) is 19.6. The van der Waals surface area contributed by atoms with Gasteiger partial charge < -0.3 is 19.8 Å². The van der Waals surface area contributed by atoms with Crippen LogP contribution in [0.2, 0.25) is 0 Å². The van der Waals surface area contributed by atoms with Crippen molar-refractivity contribution in [3.63, 3.8) is 0 Å². The Labute approximate surface area is 176 Å². The van der Waals surface area contributed by atoms with Gasteiger partial charge in [0, 0.05) is 11.7 Å². The maximum Gasteiger partial charge on any atom is 0.338 e. The maximum absolute atomic E-state index is 12.6. The first-order chi connectivity index (χ1) is 14.3. The number of anilines is 1. The minimum absolute atomic E-state index is 0.121. The average molecular weight is 412 g/mol. The van der Waals surface area contributed by atoms with Gasteiger partial charge in [0.1, 0.15) is 0 Å². The zero-order chi connectivity index (χ0) is 21.7. The summed E-state index contributed by atoms with van der Waals surface area (Å²) in [5.41, 5.74) is 1.50. The molecular weight excluding hydrogens is 384 g/mol. The number of carbonyl (C=O) groups is 3. The maximum atomic E-state index is 12.6. The van der Waals surface area contributed by atoms with E-state index in [1.165, 1.54) is 18.8 Å². The predicted molar refractivity (Wildman–Crippen MR) is 112 cm³/mol. The summed E-state index contributed by atoms with van der Waals surface area (Å²) in [5.74, 6) is -0.737. The lowest BCUT2D eigenvalue weighted by atomic mass is 9.86. The molecule has 1 saturated carbocycles. The molecular formula is C23H28N2O5. The molecule has 0 bridgehead atoms. The van der Waals surface area contributed by atoms with E-state index in [1.54, 1.807) is 31.2 Å². The van der Waals surface area contributed by atoms with Crippen LogP contribution in [0.15, 0.2) is 41.0 Å². The standard InChI is InChI=1S/C23H28N2O5/c1-14-7-4-5-8-18(14)24-21(26)16(3)30-23(28)17-11-10-15(2)19(13-17)25-22(27)20-9-6-12-29-20/h6,9-14,16,18H,4-5,7-8H2,1-3H3,(H,24,26)(H,25,27)/t14-,16-,18+/m0/s1. The van der Waals surface area contributed by atoms with Crippen molar-refractivity contribution in [1.82, 2.24) is 5.32 Å². The summed E-state index contributed by atoms with van der Waals surface area (Å²) in [6.07, 6.45) is 4.83. The van der Waals surface area contributed by atoms with Crippen molar-refractivity contribution in [3.05, 3.63) is 53.5 Å². The summed E-state index contributed by atoms with van der Waals surface area (Å²) in [7, 11) is 0. The molecule has 1 aromatic heterocycles. The molecule has 1 aromatic carbocycles. The van der Waals surface area contributed by atoms with Gasteiger partial charge >= 0.3 is 5.97 Å². The monoisotopic (exact) mass is 412 g/mol. The van der Waals surface area contributed by atoms with E-state index in [2.05, 4.69) is 17.6 Å². The Hall–Kier alpha value is -3.09. The summed E-state index contributed by atoms with van der Waals surface area (Å²) < 4.78 is 10.5. The first-order valence-corrected chi connectivity index (χ1v) is 10.3. The fraction of sp³-hybridized carbons (Fsp3) is 0.435. The van der Waals surface area contributed by atoms with Gasteiger partial charge in [-0.05, 0) is 62.4 Å². The zero-order valence-corrected chi connectivity index (χ0v) is 17.6. The van der Waals surface area contributed by atoms with Crippen molar-refractivity contribution < 1.29 is 23.5 Å². The van der Waals surface area contributed by atoms with Crippen molar-refractivity contribution in [2.24, 2.45) is 5.92 Å². The molecule has 1 aliphatic rings. The van der Waals surface area contributed by atoms with Crippen LogP contribution in [0.3, 0.4) is 0 Å². The quantitative estimate of drug-likeness (QED) is 0.697. The molecule has 0 saturated heterocycles. The van der Waals surface area contributed by atoms with Crippen LogP contribution in [-0.2, 0) is 9.53 Å². The number of rotatable bonds is 6. The Kier molecular flexibility index (Phi) is 6.92. The third kappa shape index (κ3) is 5.28. The Morgan fingerprint density at radius 1 is 1.17 bits per heavy atom. The van der Waals surface area contributed by atoms with Crippen molar-refractivity contribution in [2.75, 3.05) is 5.32 Å². The molecule has 2 amide bonds. The highest BCUT2D eigenvalue weighted by molar-refractivity contribution is 6.03. The van der Waals surface area contributed by atoms with Crippen LogP contribution < -0.4 is 10.6 Å². The van der Waals surface area contributed by atoms with E-state index in [9.17, 15) is 14.4 Å². The first kappa shape index (κ1) is 21.6. The van der Waals surface area contributed by atoms with E-state index >= 15 is 0 Å². The number of carbonyl (C=O) groups excluding carboxylic acids is 3. The highest BCUT2D eigenvalue weighted by atomic mass is 16.5. The molecule has 0 aliphatic heterocycles. The molecule has 1 aliphatic carbocycles. The smallest absolute Gasteiger partial charge is 0.338 e. The number of hydrogen-bond acceptors (Lipinski definition) is 5. The van der Waals surface area contributed by atoms with Crippen LogP contribution in [0.5, 0.6) is 0 Å². The molecule has 1 fully saturated rings. The Bertz CT molecular complexity index is 906. The van der Waals surface area contributed by atoms with Crippen LogP contribution in [0.1, 0.15) is 66.0 Å². The molecule has 30 heavy (non-hydrogen) atoms. The molecule has 7 heteroatoms. The van der Waals surface area contributed by atoms with Crippen molar-refractivity contribution >= 4 is 23.5 Å². The minimum Gasteiger partial charge on any atom is -0.459 e. The molecule has 160 valence electrons. The highest BCUT2D eigenvalue weighted by Crippen LogP contribution is 2.24. The second-order valence-corrected chi connectivity index (χ2v) is 7.89. The van der Waals surface area contributed by atoms with Crippen LogP contribution >= 0.6 is 0 Å². The van der Waals surface area contributed by atoms with E-state index < -0.39 is 18.0 Å². The topological polar surface area (TPSA) is 97.6 Å². The van der Waals surface area contributed by atoms with Gasteiger partial charge in [-0.3, -0.25) is 9.59 Å². The molecule has 7 nitrogen and oxygen atoms in total. The van der Waals surface area contributed by atoms with Crippen LogP contribution in [0, 0.1) is 12.8 Å². The number of hydrogen-bond donors (Lipinski definition) is 2. The molecule has 2 N–H and O–H groups in total. The van der Waals surface area contributed by atoms with E-state index in [1.807, 2.05) is 6.92 Å². The van der Waals surface area contributed by atoms with Gasteiger partial charge in [0.05, 0.1) is 11.8 Å². The Balaban J connectivity index is 1.61. The van der Waals surface area contributed by atoms with Gasteiger partial charge in [0.2, 0.25) is 0 Å². The summed E-state index contributed by atoms with van der Waals surface area (Å²) >= 11 is 0. The molecule has 0 spiro atoms. The van der Waals surface area contributed by atoms with E-state index in [-0.39, 0.29) is 23.3 Å². The van der Waals surface area contributed by atoms with E-state index in [4.69, 9.17) is 9.15 Å². The first-order valence-electron chi connectivity index (χ1n) is 10.3. The zero-order valence-electron chi connectivity index (χ0n) is 17.6. The molecule has 3 atom stereocenters. The van der Waals surface area contributed by atoms with Gasteiger partial charge in [0.15, 0.2) is 11.9 Å². The number of amides is 2. The minimum atomic E-state index is -0.908. The van der Waals surface area contributed by atoms with Crippen LogP contribution in [0.25, 0.3) is 0 Å². The van der Waals surface area contributed by atoms with Gasteiger partial charge in [-0.1, -0.05) is 25.8 Å². The lowest BCUT2D eigenvalue weighted by Crippen LogP contribution is -2.46. The number of ether oxygens (including phenoxy) is 1. The lowest BCUT2D eigenvalue weighted by Gasteiger charge is -2.30. The number of benzene rings is 1. The molecule has 0 unspecified atom stereocenters. The summed E-state index contributed by atoms with van der Waals surface area (Å²) in [4.78, 5) is 37.2. The van der Waals surface area contributed by atoms with Gasteiger partial charge in [-0.25, -0.2) is 4.79 Å².